The lowest BCUT2D eigenvalue weighted by molar-refractivity contribution is 0.103. The van der Waals surface area contributed by atoms with E-state index in [0.717, 1.165) is 18.2 Å². The van der Waals surface area contributed by atoms with Gasteiger partial charge in [0.1, 0.15) is 17.5 Å². The van der Waals surface area contributed by atoms with Gasteiger partial charge in [0.2, 0.25) is 0 Å². The minimum atomic E-state index is -0.940. The smallest absolute Gasteiger partial charge is 0.200 e. The Labute approximate surface area is 116 Å². The van der Waals surface area contributed by atoms with Crippen LogP contribution in [0.3, 0.4) is 0 Å². The van der Waals surface area contributed by atoms with Crippen LogP contribution in [-0.4, -0.2) is 5.78 Å². The van der Waals surface area contributed by atoms with Crippen LogP contribution in [0, 0.1) is 24.4 Å². The fourth-order valence-corrected chi connectivity index (χ4v) is 2.20. The standard InChI is InChI=1S/C14H8BrF3O/c1-7-2-5-11(17)12(13(7)18)14(19)9-4-3-8(16)6-10(9)15/h2-6H,1H3. The Morgan fingerprint density at radius 1 is 1.11 bits per heavy atom. The molecule has 0 atom stereocenters. The van der Waals surface area contributed by atoms with Crippen LogP contribution in [0.15, 0.2) is 34.8 Å². The van der Waals surface area contributed by atoms with Gasteiger partial charge in [-0.25, -0.2) is 13.2 Å². The van der Waals surface area contributed by atoms with E-state index in [4.69, 9.17) is 0 Å². The number of benzene rings is 2. The Morgan fingerprint density at radius 3 is 2.42 bits per heavy atom. The van der Waals surface area contributed by atoms with Crippen LogP contribution in [0.25, 0.3) is 0 Å². The molecule has 0 saturated carbocycles. The largest absolute Gasteiger partial charge is 0.288 e. The fourth-order valence-electron chi connectivity index (χ4n) is 1.67. The van der Waals surface area contributed by atoms with Gasteiger partial charge in [-0.3, -0.25) is 4.79 Å². The van der Waals surface area contributed by atoms with Crippen LogP contribution < -0.4 is 0 Å². The Bertz CT molecular complexity index is 668. The minimum Gasteiger partial charge on any atom is -0.288 e. The van der Waals surface area contributed by atoms with Crippen LogP contribution >= 0.6 is 15.9 Å². The van der Waals surface area contributed by atoms with Crippen LogP contribution in [0.5, 0.6) is 0 Å². The van der Waals surface area contributed by atoms with Crippen LogP contribution in [-0.2, 0) is 0 Å². The second-order valence-electron chi connectivity index (χ2n) is 4.01. The maximum absolute atomic E-state index is 13.9. The van der Waals surface area contributed by atoms with E-state index in [0.29, 0.717) is 0 Å². The molecule has 2 aromatic rings. The summed E-state index contributed by atoms with van der Waals surface area (Å²) in [6.07, 6.45) is 0. The molecule has 0 saturated heterocycles. The lowest BCUT2D eigenvalue weighted by atomic mass is 10.00. The maximum atomic E-state index is 13.9. The van der Waals surface area contributed by atoms with Crippen molar-refractivity contribution in [3.63, 3.8) is 0 Å². The highest BCUT2D eigenvalue weighted by atomic mass is 79.9. The highest BCUT2D eigenvalue weighted by Crippen LogP contribution is 2.25. The van der Waals surface area contributed by atoms with Gasteiger partial charge in [-0.1, -0.05) is 6.07 Å². The molecule has 0 fully saturated rings. The molecule has 2 aromatic carbocycles. The average molecular weight is 329 g/mol. The van der Waals surface area contributed by atoms with Crippen molar-refractivity contribution in [1.29, 1.82) is 0 Å². The molecule has 0 spiro atoms. The highest BCUT2D eigenvalue weighted by molar-refractivity contribution is 9.10. The van der Waals surface area contributed by atoms with Crippen molar-refractivity contribution in [3.8, 4) is 0 Å². The predicted octanol–water partition coefficient (Wildman–Crippen LogP) is 4.41. The van der Waals surface area contributed by atoms with E-state index < -0.39 is 28.8 Å². The Balaban J connectivity index is 2.59. The molecule has 1 nitrogen and oxygen atoms in total. The van der Waals surface area contributed by atoms with Gasteiger partial charge >= 0.3 is 0 Å². The van der Waals surface area contributed by atoms with Gasteiger partial charge in [0.25, 0.3) is 0 Å². The molecule has 0 bridgehead atoms. The first-order chi connectivity index (χ1) is 8.91. The average Bonchev–Trinajstić information content (AvgIpc) is 2.34. The Kier molecular flexibility index (Phi) is 3.75. The van der Waals surface area contributed by atoms with Crippen LogP contribution in [0.2, 0.25) is 0 Å². The van der Waals surface area contributed by atoms with Crippen LogP contribution in [0.4, 0.5) is 13.2 Å². The first kappa shape index (κ1) is 13.8. The third-order valence-corrected chi connectivity index (χ3v) is 3.34. The monoisotopic (exact) mass is 328 g/mol. The zero-order valence-corrected chi connectivity index (χ0v) is 11.4. The molecule has 5 heteroatoms. The van der Waals surface area contributed by atoms with Crippen molar-refractivity contribution in [2.75, 3.05) is 0 Å². The molecule has 0 aliphatic carbocycles. The van der Waals surface area contributed by atoms with Gasteiger partial charge in [0.15, 0.2) is 5.78 Å². The quantitative estimate of drug-likeness (QED) is 0.746. The second kappa shape index (κ2) is 5.17. The van der Waals surface area contributed by atoms with E-state index in [1.54, 1.807) is 0 Å². The summed E-state index contributed by atoms with van der Waals surface area (Å²) in [6.45, 7) is 1.44. The molecule has 0 unspecified atom stereocenters. The number of hydrogen-bond donors (Lipinski definition) is 0. The second-order valence-corrected chi connectivity index (χ2v) is 4.86. The van der Waals surface area contributed by atoms with Crippen LogP contribution in [0.1, 0.15) is 21.5 Å². The summed E-state index contributed by atoms with van der Waals surface area (Å²) in [5.74, 6) is -3.22. The number of carbonyl (C=O) groups is 1. The molecule has 0 aromatic heterocycles. The van der Waals surface area contributed by atoms with Gasteiger partial charge < -0.3 is 0 Å². The minimum absolute atomic E-state index is 0.00444. The fraction of sp³-hybridized carbons (Fsp3) is 0.0714. The van der Waals surface area contributed by atoms with E-state index in [1.165, 1.54) is 19.1 Å². The Hall–Kier alpha value is -1.62. The molecule has 0 radical (unpaired) electrons. The summed E-state index contributed by atoms with van der Waals surface area (Å²) in [5, 5.41) is 0. The number of ketones is 1. The molecule has 0 aliphatic heterocycles. The van der Waals surface area contributed by atoms with Crippen molar-refractivity contribution in [1.82, 2.24) is 0 Å². The number of rotatable bonds is 2. The van der Waals surface area contributed by atoms with E-state index >= 15 is 0 Å². The molecule has 98 valence electrons. The third kappa shape index (κ3) is 2.56. The van der Waals surface area contributed by atoms with E-state index in [-0.39, 0.29) is 15.6 Å². The summed E-state index contributed by atoms with van der Waals surface area (Å²) in [4.78, 5) is 12.1. The summed E-state index contributed by atoms with van der Waals surface area (Å²) in [5.41, 5.74) is -0.458. The molecule has 19 heavy (non-hydrogen) atoms. The van der Waals surface area contributed by atoms with Gasteiger partial charge in [-0.15, -0.1) is 0 Å². The van der Waals surface area contributed by atoms with E-state index in [2.05, 4.69) is 15.9 Å². The van der Waals surface area contributed by atoms with E-state index in [1.807, 2.05) is 0 Å². The molecular formula is C14H8BrF3O. The summed E-state index contributed by atoms with van der Waals surface area (Å²) in [7, 11) is 0. The van der Waals surface area contributed by atoms with Gasteiger partial charge in [-0.05, 0) is 52.7 Å². The SMILES string of the molecule is Cc1ccc(F)c(C(=O)c2ccc(F)cc2Br)c1F. The lowest BCUT2D eigenvalue weighted by Crippen LogP contribution is -2.09. The normalized spacial score (nSPS) is 10.6. The predicted molar refractivity (Wildman–Crippen MR) is 68.6 cm³/mol. The van der Waals surface area contributed by atoms with Gasteiger partial charge in [0.05, 0.1) is 5.56 Å². The summed E-state index contributed by atoms with van der Waals surface area (Å²) >= 11 is 3.01. The van der Waals surface area contributed by atoms with E-state index in [9.17, 15) is 18.0 Å². The van der Waals surface area contributed by atoms with Crippen molar-refractivity contribution in [3.05, 3.63) is 68.9 Å². The molecular weight excluding hydrogens is 321 g/mol. The first-order valence-corrected chi connectivity index (χ1v) is 6.15. The molecule has 0 N–H and O–H groups in total. The molecule has 0 aliphatic rings. The molecule has 0 heterocycles. The number of hydrogen-bond acceptors (Lipinski definition) is 1. The summed E-state index contributed by atoms with van der Waals surface area (Å²) < 4.78 is 40.6. The molecule has 0 amide bonds. The zero-order valence-electron chi connectivity index (χ0n) is 9.81. The summed E-state index contributed by atoms with van der Waals surface area (Å²) in [6, 6.07) is 5.59. The van der Waals surface area contributed by atoms with Crippen molar-refractivity contribution in [2.45, 2.75) is 6.92 Å². The number of carbonyl (C=O) groups excluding carboxylic acids is 1. The van der Waals surface area contributed by atoms with Gasteiger partial charge in [0, 0.05) is 10.0 Å². The Morgan fingerprint density at radius 2 is 1.79 bits per heavy atom. The highest BCUT2D eigenvalue weighted by Gasteiger charge is 2.22. The van der Waals surface area contributed by atoms with Gasteiger partial charge in [-0.2, -0.15) is 0 Å². The first-order valence-electron chi connectivity index (χ1n) is 5.36. The zero-order chi connectivity index (χ0) is 14.2. The van der Waals surface area contributed by atoms with Crippen molar-refractivity contribution in [2.24, 2.45) is 0 Å². The number of aryl methyl sites for hydroxylation is 1. The van der Waals surface area contributed by atoms with Crippen molar-refractivity contribution >= 4 is 21.7 Å². The third-order valence-electron chi connectivity index (χ3n) is 2.69. The lowest BCUT2D eigenvalue weighted by Gasteiger charge is -2.08. The van der Waals surface area contributed by atoms with Crippen molar-refractivity contribution < 1.29 is 18.0 Å². The molecule has 2 rings (SSSR count). The topological polar surface area (TPSA) is 17.1 Å². The number of halogens is 4. The maximum Gasteiger partial charge on any atom is 0.200 e.